The number of carbonyl (C=O) groups is 2. The van der Waals surface area contributed by atoms with Crippen molar-refractivity contribution in [2.45, 2.75) is 25.9 Å². The molecule has 1 aromatic carbocycles. The summed E-state index contributed by atoms with van der Waals surface area (Å²) in [5.74, 6) is 0.101. The first kappa shape index (κ1) is 14.4. The van der Waals surface area contributed by atoms with E-state index < -0.39 is 6.09 Å². The predicted molar refractivity (Wildman–Crippen MR) is 80.8 cm³/mol. The highest BCUT2D eigenvalue weighted by atomic mass is 16.4. The van der Waals surface area contributed by atoms with Gasteiger partial charge in [-0.15, -0.1) is 0 Å². The number of para-hydroxylation sites is 2. The average molecular weight is 302 g/mol. The Morgan fingerprint density at radius 1 is 1.18 bits per heavy atom. The fourth-order valence-corrected chi connectivity index (χ4v) is 2.87. The molecule has 2 unspecified atom stereocenters. The number of imidazole rings is 1. The van der Waals surface area contributed by atoms with Gasteiger partial charge in [0.25, 0.3) is 5.91 Å². The van der Waals surface area contributed by atoms with Crippen molar-refractivity contribution in [2.75, 3.05) is 13.1 Å². The lowest BCUT2D eigenvalue weighted by atomic mass is 10.1. The fourth-order valence-electron chi connectivity index (χ4n) is 2.87. The predicted octanol–water partition coefficient (Wildman–Crippen LogP) is 1.78. The molecule has 1 aromatic heterocycles. The second-order valence-corrected chi connectivity index (χ2v) is 5.69. The second kappa shape index (κ2) is 5.32. The number of benzene rings is 1. The highest BCUT2D eigenvalue weighted by molar-refractivity contribution is 5.94. The van der Waals surface area contributed by atoms with Gasteiger partial charge in [-0.3, -0.25) is 4.79 Å². The van der Waals surface area contributed by atoms with Crippen LogP contribution >= 0.6 is 0 Å². The van der Waals surface area contributed by atoms with Crippen molar-refractivity contribution in [3.05, 3.63) is 30.1 Å². The molecule has 7 nitrogen and oxygen atoms in total. The third-order valence-electron chi connectivity index (χ3n) is 4.08. The number of aromatic amines is 1. The van der Waals surface area contributed by atoms with Crippen LogP contribution in [0.3, 0.4) is 0 Å². The quantitative estimate of drug-likeness (QED) is 0.840. The van der Waals surface area contributed by atoms with Crippen LogP contribution in [0.5, 0.6) is 0 Å². The lowest BCUT2D eigenvalue weighted by Gasteiger charge is -2.42. The Bertz CT molecular complexity index is 693. The molecule has 7 heteroatoms. The van der Waals surface area contributed by atoms with Crippen LogP contribution in [0.25, 0.3) is 11.0 Å². The number of hydrogen-bond donors (Lipinski definition) is 2. The molecule has 2 aromatic rings. The van der Waals surface area contributed by atoms with Gasteiger partial charge in [0.1, 0.15) is 0 Å². The molecule has 0 spiro atoms. The van der Waals surface area contributed by atoms with E-state index in [9.17, 15) is 9.59 Å². The van der Waals surface area contributed by atoms with Crippen LogP contribution in [0.4, 0.5) is 4.79 Å². The summed E-state index contributed by atoms with van der Waals surface area (Å²) in [7, 11) is 0. The van der Waals surface area contributed by atoms with Crippen molar-refractivity contribution in [3.8, 4) is 0 Å². The first-order valence-corrected chi connectivity index (χ1v) is 7.22. The van der Waals surface area contributed by atoms with Crippen molar-refractivity contribution in [1.29, 1.82) is 0 Å². The number of aromatic nitrogens is 2. The molecule has 1 saturated heterocycles. The van der Waals surface area contributed by atoms with E-state index in [-0.39, 0.29) is 18.0 Å². The molecular formula is C15H18N4O3. The average Bonchev–Trinajstić information content (AvgIpc) is 2.92. The Morgan fingerprint density at radius 2 is 1.82 bits per heavy atom. The number of carboxylic acid groups (broad SMARTS) is 1. The topological polar surface area (TPSA) is 89.5 Å². The molecule has 3 rings (SSSR count). The monoisotopic (exact) mass is 302 g/mol. The third-order valence-corrected chi connectivity index (χ3v) is 4.08. The minimum Gasteiger partial charge on any atom is -0.465 e. The number of hydrogen-bond acceptors (Lipinski definition) is 3. The zero-order chi connectivity index (χ0) is 15.9. The van der Waals surface area contributed by atoms with Gasteiger partial charge in [0.2, 0.25) is 0 Å². The number of rotatable bonds is 1. The minimum absolute atomic E-state index is 0.187. The first-order valence-electron chi connectivity index (χ1n) is 7.22. The van der Waals surface area contributed by atoms with Gasteiger partial charge in [0, 0.05) is 25.2 Å². The molecule has 2 atom stereocenters. The second-order valence-electron chi connectivity index (χ2n) is 5.69. The lowest BCUT2D eigenvalue weighted by Crippen LogP contribution is -2.59. The van der Waals surface area contributed by atoms with Gasteiger partial charge < -0.3 is 19.9 Å². The van der Waals surface area contributed by atoms with E-state index in [0.717, 1.165) is 11.0 Å². The molecule has 2 N–H and O–H groups in total. The maximum atomic E-state index is 12.7. The molecule has 2 heterocycles. The summed E-state index contributed by atoms with van der Waals surface area (Å²) in [6.45, 7) is 4.33. The number of carbonyl (C=O) groups excluding carboxylic acids is 1. The molecule has 0 saturated carbocycles. The zero-order valence-corrected chi connectivity index (χ0v) is 12.5. The molecular weight excluding hydrogens is 284 g/mol. The van der Waals surface area contributed by atoms with Crippen LogP contribution in [0.15, 0.2) is 24.3 Å². The van der Waals surface area contributed by atoms with Gasteiger partial charge >= 0.3 is 6.09 Å². The van der Waals surface area contributed by atoms with Crippen LogP contribution in [0.2, 0.25) is 0 Å². The summed E-state index contributed by atoms with van der Waals surface area (Å²) >= 11 is 0. The summed E-state index contributed by atoms with van der Waals surface area (Å²) in [4.78, 5) is 34.3. The Morgan fingerprint density at radius 3 is 2.50 bits per heavy atom. The molecule has 116 valence electrons. The van der Waals surface area contributed by atoms with Crippen LogP contribution in [0.1, 0.15) is 24.5 Å². The van der Waals surface area contributed by atoms with Crippen molar-refractivity contribution < 1.29 is 14.7 Å². The first-order chi connectivity index (χ1) is 10.5. The van der Waals surface area contributed by atoms with Gasteiger partial charge in [-0.05, 0) is 26.0 Å². The van der Waals surface area contributed by atoms with Gasteiger partial charge in [-0.25, -0.2) is 9.78 Å². The Hall–Kier alpha value is -2.57. The molecule has 1 fully saturated rings. The minimum atomic E-state index is -0.949. The van der Waals surface area contributed by atoms with Gasteiger partial charge in [0.15, 0.2) is 5.82 Å². The van der Waals surface area contributed by atoms with E-state index >= 15 is 0 Å². The van der Waals surface area contributed by atoms with Crippen molar-refractivity contribution >= 4 is 23.0 Å². The van der Waals surface area contributed by atoms with E-state index in [2.05, 4.69) is 9.97 Å². The molecule has 0 radical (unpaired) electrons. The lowest BCUT2D eigenvalue weighted by molar-refractivity contribution is 0.0322. The van der Waals surface area contributed by atoms with Crippen LogP contribution in [0, 0.1) is 0 Å². The van der Waals surface area contributed by atoms with E-state index in [0.29, 0.717) is 18.9 Å². The van der Waals surface area contributed by atoms with E-state index in [1.165, 1.54) is 4.90 Å². The Balaban J connectivity index is 1.84. The molecule has 22 heavy (non-hydrogen) atoms. The summed E-state index contributed by atoms with van der Waals surface area (Å²) in [6, 6.07) is 7.04. The summed E-state index contributed by atoms with van der Waals surface area (Å²) < 4.78 is 0. The van der Waals surface area contributed by atoms with Gasteiger partial charge in [0.05, 0.1) is 11.0 Å². The molecule has 2 amide bonds. The van der Waals surface area contributed by atoms with E-state index in [4.69, 9.17) is 5.11 Å². The molecule has 1 aliphatic rings. The van der Waals surface area contributed by atoms with Crippen molar-refractivity contribution in [1.82, 2.24) is 19.8 Å². The number of amides is 2. The van der Waals surface area contributed by atoms with Gasteiger partial charge in [-0.1, -0.05) is 12.1 Å². The number of nitrogens with zero attached hydrogens (tertiary/aromatic N) is 3. The number of H-pyrrole nitrogens is 1. The number of fused-ring (bicyclic) bond motifs is 1. The molecule has 0 aliphatic carbocycles. The molecule has 0 bridgehead atoms. The smallest absolute Gasteiger partial charge is 0.407 e. The highest BCUT2D eigenvalue weighted by Gasteiger charge is 2.35. The maximum Gasteiger partial charge on any atom is 0.407 e. The summed E-state index contributed by atoms with van der Waals surface area (Å²) in [5.41, 5.74) is 1.56. The Labute approximate surface area is 127 Å². The number of nitrogens with one attached hydrogen (secondary N) is 1. The third kappa shape index (κ3) is 2.38. The number of piperazine rings is 1. The normalized spacial score (nSPS) is 22.1. The van der Waals surface area contributed by atoms with Gasteiger partial charge in [-0.2, -0.15) is 0 Å². The molecule has 1 aliphatic heterocycles. The maximum absolute atomic E-state index is 12.7. The largest absolute Gasteiger partial charge is 0.465 e. The van der Waals surface area contributed by atoms with E-state index in [1.54, 1.807) is 11.8 Å². The van der Waals surface area contributed by atoms with Crippen molar-refractivity contribution in [2.24, 2.45) is 0 Å². The van der Waals surface area contributed by atoms with Crippen LogP contribution in [-0.2, 0) is 0 Å². The van der Waals surface area contributed by atoms with E-state index in [1.807, 2.05) is 31.2 Å². The zero-order valence-electron chi connectivity index (χ0n) is 12.5. The van der Waals surface area contributed by atoms with Crippen molar-refractivity contribution in [3.63, 3.8) is 0 Å². The summed E-state index contributed by atoms with van der Waals surface area (Å²) in [6.07, 6.45) is -0.949. The fraction of sp³-hybridized carbons (Fsp3) is 0.400. The standard InChI is InChI=1S/C15H18N4O3/c1-9-8-19(15(21)22)10(2)7-18(9)14(20)13-16-11-5-3-4-6-12(11)17-13/h3-6,9-10H,7-8H2,1-2H3,(H,16,17)(H,21,22). The Kier molecular flexibility index (Phi) is 3.48. The summed E-state index contributed by atoms with van der Waals surface area (Å²) in [5, 5.41) is 9.17. The SMILES string of the molecule is CC1CN(C(=O)c2nc3ccccc3[nH]2)C(C)CN1C(=O)O. The van der Waals surface area contributed by atoms with Crippen LogP contribution in [-0.4, -0.2) is 62.0 Å². The highest BCUT2D eigenvalue weighted by Crippen LogP contribution is 2.19. The van der Waals surface area contributed by atoms with Crippen LogP contribution < -0.4 is 0 Å².